The van der Waals surface area contributed by atoms with Crippen LogP contribution in [-0.2, 0) is 11.2 Å². The summed E-state index contributed by atoms with van der Waals surface area (Å²) in [6.45, 7) is 4.95. The molecule has 3 rings (SSSR count). The fraction of sp³-hybridized carbons (Fsp3) is 0.538. The number of rotatable bonds is 2. The summed E-state index contributed by atoms with van der Waals surface area (Å²) in [5.74, 6) is 1.63. The van der Waals surface area contributed by atoms with Crippen molar-refractivity contribution < 1.29 is 14.2 Å². The van der Waals surface area contributed by atoms with Gasteiger partial charge in [0.05, 0.1) is 17.2 Å². The molecule has 1 aromatic carbocycles. The molecule has 1 N–H and O–H groups in total. The predicted octanol–water partition coefficient (Wildman–Crippen LogP) is 2.40. The summed E-state index contributed by atoms with van der Waals surface area (Å²) < 4.78 is 17.8. The maximum absolute atomic E-state index is 5.84. The van der Waals surface area contributed by atoms with E-state index in [0.29, 0.717) is 6.79 Å². The SMILES string of the molecule is CCc1c(C2CNCCO2)cc2c(c1Br)OCO2. The van der Waals surface area contributed by atoms with Gasteiger partial charge in [0.25, 0.3) is 0 Å². The summed E-state index contributed by atoms with van der Waals surface area (Å²) in [5.41, 5.74) is 2.44. The van der Waals surface area contributed by atoms with Crippen molar-refractivity contribution in [1.29, 1.82) is 0 Å². The van der Waals surface area contributed by atoms with Crippen molar-refractivity contribution in [2.45, 2.75) is 19.4 Å². The smallest absolute Gasteiger partial charge is 0.231 e. The number of nitrogens with one attached hydrogen (secondary N) is 1. The Kier molecular flexibility index (Phi) is 3.46. The highest BCUT2D eigenvalue weighted by molar-refractivity contribution is 9.10. The lowest BCUT2D eigenvalue weighted by molar-refractivity contribution is 0.0270. The number of hydrogen-bond donors (Lipinski definition) is 1. The number of morpholine rings is 1. The van der Waals surface area contributed by atoms with Crippen LogP contribution in [0.5, 0.6) is 11.5 Å². The van der Waals surface area contributed by atoms with Gasteiger partial charge in [-0.25, -0.2) is 0 Å². The lowest BCUT2D eigenvalue weighted by Gasteiger charge is -2.26. The molecule has 1 saturated heterocycles. The second-order valence-electron chi connectivity index (χ2n) is 4.41. The van der Waals surface area contributed by atoms with Gasteiger partial charge < -0.3 is 19.5 Å². The summed E-state index contributed by atoms with van der Waals surface area (Å²) in [7, 11) is 0. The van der Waals surface area contributed by atoms with E-state index in [2.05, 4.69) is 34.2 Å². The van der Waals surface area contributed by atoms with E-state index in [0.717, 1.165) is 42.1 Å². The zero-order valence-electron chi connectivity index (χ0n) is 10.3. The van der Waals surface area contributed by atoms with Crippen LogP contribution in [0.1, 0.15) is 24.2 Å². The summed E-state index contributed by atoms with van der Waals surface area (Å²) in [4.78, 5) is 0. The molecule has 5 heteroatoms. The standard InChI is InChI=1S/C13H16BrNO3/c1-2-8-9(11-6-15-3-4-16-11)5-10-13(12(8)14)18-7-17-10/h5,11,15H,2-4,6-7H2,1H3. The van der Waals surface area contributed by atoms with Crippen LogP contribution in [0.4, 0.5) is 0 Å². The molecule has 1 unspecified atom stereocenters. The molecule has 0 amide bonds. The van der Waals surface area contributed by atoms with Gasteiger partial charge in [-0.15, -0.1) is 0 Å². The van der Waals surface area contributed by atoms with Gasteiger partial charge in [0, 0.05) is 13.1 Å². The molecule has 2 aliphatic heterocycles. The molecule has 0 radical (unpaired) electrons. The quantitative estimate of drug-likeness (QED) is 0.910. The van der Waals surface area contributed by atoms with Crippen LogP contribution >= 0.6 is 15.9 Å². The fourth-order valence-electron chi connectivity index (χ4n) is 2.47. The molecule has 98 valence electrons. The molecule has 0 saturated carbocycles. The van der Waals surface area contributed by atoms with E-state index in [1.807, 2.05) is 0 Å². The number of fused-ring (bicyclic) bond motifs is 1. The summed E-state index contributed by atoms with van der Waals surface area (Å²) in [6, 6.07) is 2.06. The number of halogens is 1. The Labute approximate surface area is 115 Å². The molecule has 0 aromatic heterocycles. The lowest BCUT2D eigenvalue weighted by Crippen LogP contribution is -2.33. The fourth-order valence-corrected chi connectivity index (χ4v) is 3.29. The average molecular weight is 314 g/mol. The largest absolute Gasteiger partial charge is 0.454 e. The molecular formula is C13H16BrNO3. The summed E-state index contributed by atoms with van der Waals surface area (Å²) in [5, 5.41) is 3.36. The van der Waals surface area contributed by atoms with Gasteiger partial charge in [-0.05, 0) is 39.5 Å². The molecule has 1 atom stereocenters. The summed E-state index contributed by atoms with van der Waals surface area (Å²) >= 11 is 3.63. The van der Waals surface area contributed by atoms with Crippen molar-refractivity contribution >= 4 is 15.9 Å². The third-order valence-electron chi connectivity index (χ3n) is 3.37. The van der Waals surface area contributed by atoms with Gasteiger partial charge in [0.1, 0.15) is 0 Å². The maximum Gasteiger partial charge on any atom is 0.231 e. The van der Waals surface area contributed by atoms with Crippen LogP contribution < -0.4 is 14.8 Å². The molecule has 0 aliphatic carbocycles. The minimum atomic E-state index is 0.0968. The van der Waals surface area contributed by atoms with Crippen LogP contribution in [0.25, 0.3) is 0 Å². The Bertz CT molecular complexity index is 458. The molecular weight excluding hydrogens is 298 g/mol. The predicted molar refractivity (Wildman–Crippen MR) is 71.2 cm³/mol. The van der Waals surface area contributed by atoms with Crippen molar-refractivity contribution in [1.82, 2.24) is 5.32 Å². The van der Waals surface area contributed by atoms with Gasteiger partial charge in [-0.2, -0.15) is 0 Å². The molecule has 2 aliphatic rings. The molecule has 1 fully saturated rings. The minimum absolute atomic E-state index is 0.0968. The zero-order valence-corrected chi connectivity index (χ0v) is 11.9. The highest BCUT2D eigenvalue weighted by Gasteiger charge is 2.26. The molecule has 4 nitrogen and oxygen atoms in total. The topological polar surface area (TPSA) is 39.7 Å². The Morgan fingerprint density at radius 1 is 1.44 bits per heavy atom. The Balaban J connectivity index is 2.04. The number of benzene rings is 1. The lowest BCUT2D eigenvalue weighted by atomic mass is 9.98. The Hall–Kier alpha value is -0.780. The van der Waals surface area contributed by atoms with E-state index >= 15 is 0 Å². The van der Waals surface area contributed by atoms with Crippen molar-refractivity contribution in [3.63, 3.8) is 0 Å². The van der Waals surface area contributed by atoms with E-state index in [-0.39, 0.29) is 6.10 Å². The Morgan fingerprint density at radius 3 is 3.06 bits per heavy atom. The molecule has 0 spiro atoms. The molecule has 0 bridgehead atoms. The minimum Gasteiger partial charge on any atom is -0.454 e. The van der Waals surface area contributed by atoms with Crippen LogP contribution in [0.3, 0.4) is 0 Å². The highest BCUT2D eigenvalue weighted by Crippen LogP contribution is 2.45. The molecule has 1 aromatic rings. The van der Waals surface area contributed by atoms with Crippen molar-refractivity contribution in [2.75, 3.05) is 26.5 Å². The van der Waals surface area contributed by atoms with Gasteiger partial charge in [0.15, 0.2) is 11.5 Å². The average Bonchev–Trinajstić information content (AvgIpc) is 2.88. The number of hydrogen-bond acceptors (Lipinski definition) is 4. The first-order valence-electron chi connectivity index (χ1n) is 6.24. The van der Waals surface area contributed by atoms with Crippen molar-refractivity contribution in [3.8, 4) is 11.5 Å². The van der Waals surface area contributed by atoms with Gasteiger partial charge >= 0.3 is 0 Å². The molecule has 2 heterocycles. The van der Waals surface area contributed by atoms with E-state index in [1.54, 1.807) is 0 Å². The zero-order chi connectivity index (χ0) is 12.5. The maximum atomic E-state index is 5.84. The first kappa shape index (κ1) is 12.3. The monoisotopic (exact) mass is 313 g/mol. The van der Waals surface area contributed by atoms with E-state index < -0.39 is 0 Å². The summed E-state index contributed by atoms with van der Waals surface area (Å²) in [6.07, 6.45) is 1.03. The Morgan fingerprint density at radius 2 is 2.33 bits per heavy atom. The second-order valence-corrected chi connectivity index (χ2v) is 5.20. The van der Waals surface area contributed by atoms with Crippen LogP contribution in [0, 0.1) is 0 Å². The van der Waals surface area contributed by atoms with Crippen molar-refractivity contribution in [3.05, 3.63) is 21.7 Å². The van der Waals surface area contributed by atoms with Gasteiger partial charge in [-0.3, -0.25) is 0 Å². The van der Waals surface area contributed by atoms with E-state index in [9.17, 15) is 0 Å². The van der Waals surface area contributed by atoms with Crippen molar-refractivity contribution in [2.24, 2.45) is 0 Å². The first-order valence-corrected chi connectivity index (χ1v) is 7.03. The second kappa shape index (κ2) is 5.07. The number of ether oxygens (including phenoxy) is 3. The third kappa shape index (κ3) is 2.00. The first-order chi connectivity index (χ1) is 8.81. The highest BCUT2D eigenvalue weighted by atomic mass is 79.9. The third-order valence-corrected chi connectivity index (χ3v) is 4.21. The van der Waals surface area contributed by atoms with E-state index in [4.69, 9.17) is 14.2 Å². The normalized spacial score (nSPS) is 22.2. The van der Waals surface area contributed by atoms with Gasteiger partial charge in [-0.1, -0.05) is 6.92 Å². The van der Waals surface area contributed by atoms with Gasteiger partial charge in [0.2, 0.25) is 6.79 Å². The molecule has 18 heavy (non-hydrogen) atoms. The van der Waals surface area contributed by atoms with Crippen LogP contribution in [-0.4, -0.2) is 26.5 Å². The van der Waals surface area contributed by atoms with Crippen LogP contribution in [0.15, 0.2) is 10.5 Å². The van der Waals surface area contributed by atoms with E-state index in [1.165, 1.54) is 11.1 Å². The van der Waals surface area contributed by atoms with Crippen LogP contribution in [0.2, 0.25) is 0 Å².